The number of para-hydroxylation sites is 1. The lowest BCUT2D eigenvalue weighted by molar-refractivity contribution is -0.147. The van der Waals surface area contributed by atoms with Gasteiger partial charge in [0.1, 0.15) is 54.4 Å². The molecule has 3 aromatic rings. The monoisotopic (exact) mass is 1250 g/mol. The molecule has 4 rings (SSSR count). The van der Waals surface area contributed by atoms with Gasteiger partial charge in [-0.2, -0.15) is 0 Å². The van der Waals surface area contributed by atoms with Gasteiger partial charge in [0, 0.05) is 54.8 Å². The number of H-pyrrole nitrogens is 2. The molecule has 488 valence electrons. The fraction of sp³-hybridized carbons (Fsp3) is 0.537. The number of likely N-dealkylation sites (tertiary alicyclic amines) is 1. The third-order valence-electron chi connectivity index (χ3n) is 14.1. The number of carbonyl (C=O) groups excluding carboxylic acids is 12. The van der Waals surface area contributed by atoms with E-state index in [0.29, 0.717) is 35.0 Å². The van der Waals surface area contributed by atoms with Crippen molar-refractivity contribution in [3.63, 3.8) is 0 Å². The summed E-state index contributed by atoms with van der Waals surface area (Å²) in [6.07, 6.45) is 2.47. The van der Waals surface area contributed by atoms with E-state index in [4.69, 9.17) is 22.9 Å². The Morgan fingerprint density at radius 2 is 1.27 bits per heavy atom. The predicted octanol–water partition coefficient (Wildman–Crippen LogP) is -7.54. The van der Waals surface area contributed by atoms with Gasteiger partial charge in [0.15, 0.2) is 0 Å². The zero-order valence-electron chi connectivity index (χ0n) is 48.9. The third-order valence-corrected chi connectivity index (χ3v) is 14.1. The lowest BCUT2D eigenvalue weighted by Crippen LogP contribution is -2.61. The van der Waals surface area contributed by atoms with Crippen LogP contribution in [0.15, 0.2) is 43.0 Å². The van der Waals surface area contributed by atoms with Crippen LogP contribution < -0.4 is 70.8 Å². The number of hydrogen-bond donors (Lipinski definition) is 19. The number of hydrogen-bond acceptors (Lipinski definition) is 19. The number of amides is 12. The fourth-order valence-electron chi connectivity index (χ4n) is 9.36. The number of aromatic amines is 2. The highest BCUT2D eigenvalue weighted by Crippen LogP contribution is 2.22. The molecule has 1 aliphatic rings. The number of carbonyl (C=O) groups is 14. The average Bonchev–Trinajstić information content (AvgIpc) is 2.41. The Bertz CT molecular complexity index is 3010. The van der Waals surface area contributed by atoms with Crippen molar-refractivity contribution in [3.8, 4) is 0 Å². The SMILES string of the molecule is CC(C)[C@H](NC(=O)[C@H](CO)NC(=O)[C@H](CCCCN)NC(=O)[C@@H](N)CCC(N)=O)C(=O)N[C@@H](Cc1c[nH]c2ccccc12)C(=O)N[C@@H](Cc1cnc[nH]1)C(=O)NCC(=O)N[C@@H](CO)C(=O)N[C@@H](CC(=O)O)C(=O)N1CCC[C@H]1C(=O)N[C@@H](CC(N)=O)C(=O)O. The van der Waals surface area contributed by atoms with Gasteiger partial charge in [-0.05, 0) is 62.6 Å². The quantitative estimate of drug-likeness (QED) is 0.0237. The molecule has 1 aliphatic heterocycles. The summed E-state index contributed by atoms with van der Waals surface area (Å²) in [5, 5.41) is 61.7. The number of carboxylic acids is 2. The summed E-state index contributed by atoms with van der Waals surface area (Å²) < 4.78 is 0. The normalized spacial score (nSPS) is 15.9. The van der Waals surface area contributed by atoms with Gasteiger partial charge in [-0.15, -0.1) is 0 Å². The van der Waals surface area contributed by atoms with Crippen LogP contribution in [-0.4, -0.2) is 216 Å². The van der Waals surface area contributed by atoms with E-state index in [1.165, 1.54) is 12.5 Å². The van der Waals surface area contributed by atoms with Crippen molar-refractivity contribution in [1.29, 1.82) is 0 Å². The number of nitrogens with one attached hydrogen (secondary N) is 11. The number of aromatic nitrogens is 3. The van der Waals surface area contributed by atoms with Crippen molar-refractivity contribution < 1.29 is 87.5 Å². The molecule has 3 heterocycles. The minimum atomic E-state index is -1.90. The molecule has 12 amide bonds. The molecule has 35 nitrogen and oxygen atoms in total. The van der Waals surface area contributed by atoms with Gasteiger partial charge < -0.3 is 106 Å². The smallest absolute Gasteiger partial charge is 0.326 e. The van der Waals surface area contributed by atoms with E-state index in [1.807, 2.05) is 0 Å². The number of unbranched alkanes of at least 4 members (excludes halogenated alkanes) is 1. The van der Waals surface area contributed by atoms with E-state index in [2.05, 4.69) is 62.8 Å². The largest absolute Gasteiger partial charge is 0.481 e. The van der Waals surface area contributed by atoms with Crippen LogP contribution in [-0.2, 0) is 80.0 Å². The second kappa shape index (κ2) is 35.3. The molecule has 1 aromatic carbocycles. The van der Waals surface area contributed by atoms with Crippen LogP contribution in [0.4, 0.5) is 0 Å². The van der Waals surface area contributed by atoms with E-state index in [-0.39, 0.29) is 58.0 Å². The number of nitrogens with zero attached hydrogens (tertiary/aromatic N) is 2. The number of fused-ring (bicyclic) bond motifs is 1. The number of aliphatic hydroxyl groups excluding tert-OH is 2. The van der Waals surface area contributed by atoms with Crippen molar-refractivity contribution >= 4 is 93.7 Å². The van der Waals surface area contributed by atoms with Crippen molar-refractivity contribution in [1.82, 2.24) is 67.7 Å². The summed E-state index contributed by atoms with van der Waals surface area (Å²) in [5.74, 6) is -15.9. The Balaban J connectivity index is 1.51. The number of nitrogens with two attached hydrogens (primary N) is 4. The first-order chi connectivity index (χ1) is 42.2. The van der Waals surface area contributed by atoms with Gasteiger partial charge >= 0.3 is 11.9 Å². The second-order valence-corrected chi connectivity index (χ2v) is 21.3. The summed E-state index contributed by atoms with van der Waals surface area (Å²) in [6, 6.07) is -8.68. The third kappa shape index (κ3) is 22.6. The molecule has 0 bridgehead atoms. The van der Waals surface area contributed by atoms with Crippen molar-refractivity contribution in [2.75, 3.05) is 32.8 Å². The van der Waals surface area contributed by atoms with E-state index in [1.54, 1.807) is 44.3 Å². The molecule has 1 saturated heterocycles. The zero-order valence-corrected chi connectivity index (χ0v) is 48.9. The summed E-state index contributed by atoms with van der Waals surface area (Å²) in [6.45, 7) is 0.169. The van der Waals surface area contributed by atoms with Crippen LogP contribution in [0.1, 0.15) is 82.9 Å². The molecule has 1 fully saturated rings. The molecular formula is C54H79N17O18. The molecule has 0 unspecified atom stereocenters. The topological polar surface area (TPSA) is 580 Å². The summed E-state index contributed by atoms with van der Waals surface area (Å²) >= 11 is 0. The molecule has 2 aromatic heterocycles. The van der Waals surface area contributed by atoms with Crippen molar-refractivity contribution in [2.45, 2.75) is 145 Å². The number of carboxylic acid groups (broad SMARTS) is 2. The van der Waals surface area contributed by atoms with Crippen LogP contribution >= 0.6 is 0 Å². The van der Waals surface area contributed by atoms with E-state index >= 15 is 0 Å². The average molecular weight is 1250 g/mol. The molecule has 0 spiro atoms. The molecule has 0 radical (unpaired) electrons. The highest BCUT2D eigenvalue weighted by Gasteiger charge is 2.41. The maximum absolute atomic E-state index is 14.6. The number of benzene rings is 1. The van der Waals surface area contributed by atoms with Gasteiger partial charge in [0.2, 0.25) is 70.9 Å². The first-order valence-electron chi connectivity index (χ1n) is 28.4. The van der Waals surface area contributed by atoms with Gasteiger partial charge in [-0.25, -0.2) is 9.78 Å². The first kappa shape index (κ1) is 71.9. The molecule has 35 heteroatoms. The van der Waals surface area contributed by atoms with E-state index in [0.717, 1.165) is 4.90 Å². The maximum atomic E-state index is 14.6. The molecular weight excluding hydrogens is 1170 g/mol. The Kier molecular flexibility index (Phi) is 28.5. The Morgan fingerprint density at radius 1 is 0.663 bits per heavy atom. The Hall–Kier alpha value is -9.61. The zero-order chi connectivity index (χ0) is 66.1. The lowest BCUT2D eigenvalue weighted by Gasteiger charge is -2.29. The predicted molar refractivity (Wildman–Crippen MR) is 310 cm³/mol. The summed E-state index contributed by atoms with van der Waals surface area (Å²) in [7, 11) is 0. The van der Waals surface area contributed by atoms with Crippen molar-refractivity contribution in [3.05, 3.63) is 54.2 Å². The van der Waals surface area contributed by atoms with Crippen LogP contribution in [0.3, 0.4) is 0 Å². The highest BCUT2D eigenvalue weighted by atomic mass is 16.4. The fourth-order valence-corrected chi connectivity index (χ4v) is 9.36. The molecule has 89 heavy (non-hydrogen) atoms. The van der Waals surface area contributed by atoms with Crippen molar-refractivity contribution in [2.24, 2.45) is 28.9 Å². The highest BCUT2D eigenvalue weighted by molar-refractivity contribution is 6.00. The minimum absolute atomic E-state index is 0.0203. The van der Waals surface area contributed by atoms with Crippen LogP contribution in [0.2, 0.25) is 0 Å². The summed E-state index contributed by atoms with van der Waals surface area (Å²) in [5.41, 5.74) is 23.3. The van der Waals surface area contributed by atoms with E-state index in [9.17, 15) is 87.5 Å². The summed E-state index contributed by atoms with van der Waals surface area (Å²) in [4.78, 5) is 194. The van der Waals surface area contributed by atoms with Crippen LogP contribution in [0, 0.1) is 5.92 Å². The molecule has 0 aliphatic carbocycles. The number of rotatable bonds is 38. The second-order valence-electron chi connectivity index (χ2n) is 21.3. The lowest BCUT2D eigenvalue weighted by atomic mass is 9.99. The van der Waals surface area contributed by atoms with Gasteiger partial charge in [0.05, 0.1) is 45.0 Å². The number of aliphatic hydroxyl groups is 2. The van der Waals surface area contributed by atoms with E-state index < -0.39 is 182 Å². The minimum Gasteiger partial charge on any atom is -0.481 e. The molecule has 23 N–H and O–H groups in total. The standard InChI is InChI=1S/C54H79N17O18/c1-26(2)44(70-50(84)38(24-73)69-47(81)32(10-5-6-14-55)64-45(79)30(56)12-13-40(57)74)52(86)66-33(16-27-20-60-31-9-4-3-8-29(27)31)48(82)65-34(17-28-21-59-25-62-28)46(80)61-22-42(76)63-37(23-72)49(83)67-35(19-43(77)78)53(87)71-15-7-11-39(71)51(85)68-36(54(88)89)18-41(58)75/h3-4,8-9,20-21,25-26,30,32-39,44,60,72-73H,5-7,10-19,22-24,55-56H2,1-2H3,(H2,57,74)(H2,58,75)(H,59,62)(H,61,80)(H,63,76)(H,64,79)(H,65,82)(H,66,86)(H,67,83)(H,68,85)(H,69,81)(H,70,84)(H,77,78)(H,88,89)/t30-,32-,33-,34-,35-,36-,37-,38-,39-,44-/m0/s1. The van der Waals surface area contributed by atoms with Gasteiger partial charge in [0.25, 0.3) is 0 Å². The first-order valence-corrected chi connectivity index (χ1v) is 28.4. The number of imidazole rings is 1. The molecule has 10 atom stereocenters. The van der Waals surface area contributed by atoms with Crippen LogP contribution in [0.25, 0.3) is 10.9 Å². The number of primary amides is 2. The Labute approximate surface area is 508 Å². The molecule has 0 saturated carbocycles. The number of aliphatic carboxylic acids is 2. The van der Waals surface area contributed by atoms with Gasteiger partial charge in [-0.3, -0.25) is 62.3 Å². The van der Waals surface area contributed by atoms with Gasteiger partial charge in [-0.1, -0.05) is 32.0 Å². The Morgan fingerprint density at radius 3 is 1.89 bits per heavy atom. The van der Waals surface area contributed by atoms with Crippen LogP contribution in [0.5, 0.6) is 0 Å². The maximum Gasteiger partial charge on any atom is 0.326 e.